The molecule has 0 saturated heterocycles. The summed E-state index contributed by atoms with van der Waals surface area (Å²) < 4.78 is 1.59. The zero-order valence-electron chi connectivity index (χ0n) is 9.27. The number of nitrogens with zero attached hydrogens (tertiary/aromatic N) is 5. The predicted molar refractivity (Wildman–Crippen MR) is 63.3 cm³/mol. The summed E-state index contributed by atoms with van der Waals surface area (Å²) >= 11 is 6.22. The van der Waals surface area contributed by atoms with Gasteiger partial charge >= 0.3 is 0 Å². The van der Waals surface area contributed by atoms with Gasteiger partial charge in [-0.1, -0.05) is 11.6 Å². The molecule has 0 aliphatic heterocycles. The molecule has 0 aliphatic rings. The maximum atomic E-state index is 6.22. The largest absolute Gasteiger partial charge is 0.340 e. The molecule has 86 valence electrons. The third-order valence-electron chi connectivity index (χ3n) is 2.69. The second-order valence-corrected chi connectivity index (χ2v) is 4.07. The van der Waals surface area contributed by atoms with E-state index in [2.05, 4.69) is 25.0 Å². The van der Waals surface area contributed by atoms with Crippen LogP contribution in [0.25, 0.3) is 17.0 Å². The molecule has 3 heterocycles. The van der Waals surface area contributed by atoms with Gasteiger partial charge in [-0.2, -0.15) is 5.10 Å². The Bertz CT molecular complexity index is 698. The summed E-state index contributed by atoms with van der Waals surface area (Å²) in [7, 11) is 0. The van der Waals surface area contributed by atoms with Crippen LogP contribution in [0.1, 0.15) is 11.3 Å². The van der Waals surface area contributed by atoms with Crippen molar-refractivity contribution in [2.24, 2.45) is 0 Å². The van der Waals surface area contributed by atoms with E-state index < -0.39 is 0 Å². The van der Waals surface area contributed by atoms with Crippen LogP contribution in [0.2, 0.25) is 5.15 Å². The van der Waals surface area contributed by atoms with Crippen molar-refractivity contribution in [3.05, 3.63) is 29.1 Å². The molecular weight excluding hydrogens is 240 g/mol. The Hall–Kier alpha value is -1.95. The van der Waals surface area contributed by atoms with Gasteiger partial charge in [0.2, 0.25) is 0 Å². The lowest BCUT2D eigenvalue weighted by atomic mass is 10.3. The predicted octanol–water partition coefficient (Wildman–Crippen LogP) is 1.81. The Balaban J connectivity index is 2.34. The summed E-state index contributed by atoms with van der Waals surface area (Å²) in [6.45, 7) is 3.83. The van der Waals surface area contributed by atoms with E-state index in [1.54, 1.807) is 11.0 Å². The van der Waals surface area contributed by atoms with Crippen molar-refractivity contribution in [2.45, 2.75) is 13.8 Å². The lowest BCUT2D eigenvalue weighted by molar-refractivity contribution is 0.835. The van der Waals surface area contributed by atoms with Gasteiger partial charge in [0.15, 0.2) is 11.5 Å². The van der Waals surface area contributed by atoms with Gasteiger partial charge in [-0.3, -0.25) is 0 Å². The highest BCUT2D eigenvalue weighted by atomic mass is 35.5. The van der Waals surface area contributed by atoms with E-state index in [0.29, 0.717) is 16.6 Å². The lowest BCUT2D eigenvalue weighted by Crippen LogP contribution is -2.01. The molecule has 0 atom stereocenters. The zero-order valence-corrected chi connectivity index (χ0v) is 10.0. The zero-order chi connectivity index (χ0) is 12.0. The molecule has 3 aromatic heterocycles. The fraction of sp³-hybridized carbons (Fsp3) is 0.200. The monoisotopic (exact) mass is 248 g/mol. The summed E-state index contributed by atoms with van der Waals surface area (Å²) in [5.74, 6) is 0.605. The van der Waals surface area contributed by atoms with Gasteiger partial charge < -0.3 is 4.98 Å². The molecule has 3 aromatic rings. The van der Waals surface area contributed by atoms with Crippen molar-refractivity contribution < 1.29 is 0 Å². The molecule has 3 rings (SSSR count). The number of imidazole rings is 1. The van der Waals surface area contributed by atoms with Crippen LogP contribution in [0.15, 0.2) is 12.7 Å². The number of hydrogen-bond acceptors (Lipinski definition) is 4. The fourth-order valence-electron chi connectivity index (χ4n) is 1.63. The molecule has 0 spiro atoms. The number of halogens is 1. The number of H-pyrrole nitrogens is 1. The smallest absolute Gasteiger partial charge is 0.184 e. The fourth-order valence-corrected chi connectivity index (χ4v) is 1.88. The highest BCUT2D eigenvalue weighted by molar-refractivity contribution is 6.30. The summed E-state index contributed by atoms with van der Waals surface area (Å²) in [5, 5.41) is 4.91. The summed E-state index contributed by atoms with van der Waals surface area (Å²) in [6, 6.07) is 0. The van der Waals surface area contributed by atoms with E-state index in [1.165, 1.54) is 6.33 Å². The van der Waals surface area contributed by atoms with Crippen LogP contribution in [0, 0.1) is 13.8 Å². The maximum Gasteiger partial charge on any atom is 0.184 e. The minimum absolute atomic E-state index is 0.553. The van der Waals surface area contributed by atoms with Gasteiger partial charge in [0.25, 0.3) is 0 Å². The van der Waals surface area contributed by atoms with Crippen molar-refractivity contribution in [1.82, 2.24) is 29.7 Å². The molecule has 1 N–H and O–H groups in total. The van der Waals surface area contributed by atoms with Crippen molar-refractivity contribution in [2.75, 3.05) is 0 Å². The Morgan fingerprint density at radius 3 is 2.76 bits per heavy atom. The molecular formula is C10H9ClN6. The van der Waals surface area contributed by atoms with E-state index in [1.807, 2.05) is 13.8 Å². The third-order valence-corrected chi connectivity index (χ3v) is 3.14. The van der Waals surface area contributed by atoms with Crippen LogP contribution >= 0.6 is 11.6 Å². The van der Waals surface area contributed by atoms with Gasteiger partial charge in [0.1, 0.15) is 17.0 Å². The second kappa shape index (κ2) is 3.53. The third kappa shape index (κ3) is 1.41. The molecule has 7 heteroatoms. The summed E-state index contributed by atoms with van der Waals surface area (Å²) in [6.07, 6.45) is 3.02. The number of nitrogens with one attached hydrogen (secondary N) is 1. The molecule has 0 radical (unpaired) electrons. The number of aromatic amines is 1. The van der Waals surface area contributed by atoms with Crippen LogP contribution < -0.4 is 0 Å². The normalized spacial score (nSPS) is 11.2. The minimum atomic E-state index is 0.553. The Morgan fingerprint density at radius 1 is 1.24 bits per heavy atom. The van der Waals surface area contributed by atoms with E-state index >= 15 is 0 Å². The van der Waals surface area contributed by atoms with Crippen LogP contribution in [0.4, 0.5) is 0 Å². The first-order valence-electron chi connectivity index (χ1n) is 5.04. The number of fused-ring (bicyclic) bond motifs is 1. The molecule has 0 amide bonds. The van der Waals surface area contributed by atoms with Crippen molar-refractivity contribution in [1.29, 1.82) is 0 Å². The lowest BCUT2D eigenvalue weighted by Gasteiger charge is -2.02. The quantitative estimate of drug-likeness (QED) is 0.713. The van der Waals surface area contributed by atoms with Gasteiger partial charge in [0.05, 0.1) is 12.0 Å². The Kier molecular flexibility index (Phi) is 2.12. The Labute approximate surface area is 102 Å². The Morgan fingerprint density at radius 2 is 2.06 bits per heavy atom. The summed E-state index contributed by atoms with van der Waals surface area (Å²) in [5.41, 5.74) is 3.13. The average molecular weight is 249 g/mol. The van der Waals surface area contributed by atoms with Crippen molar-refractivity contribution in [3.63, 3.8) is 0 Å². The van der Waals surface area contributed by atoms with E-state index in [-0.39, 0.29) is 0 Å². The number of aryl methyl sites for hydroxylation is 1. The van der Waals surface area contributed by atoms with E-state index in [9.17, 15) is 0 Å². The van der Waals surface area contributed by atoms with Crippen LogP contribution in [-0.4, -0.2) is 29.7 Å². The van der Waals surface area contributed by atoms with Gasteiger partial charge in [-0.25, -0.2) is 19.6 Å². The van der Waals surface area contributed by atoms with Crippen molar-refractivity contribution in [3.8, 4) is 5.82 Å². The number of hydrogen-bond donors (Lipinski definition) is 1. The first-order valence-corrected chi connectivity index (χ1v) is 5.42. The maximum absolute atomic E-state index is 6.22. The van der Waals surface area contributed by atoms with Crippen LogP contribution in [0.3, 0.4) is 0 Å². The second-order valence-electron chi connectivity index (χ2n) is 3.71. The molecule has 0 fully saturated rings. The molecule has 0 unspecified atom stereocenters. The molecule has 17 heavy (non-hydrogen) atoms. The molecule has 0 aliphatic carbocycles. The number of rotatable bonds is 1. The molecule has 0 aromatic carbocycles. The van der Waals surface area contributed by atoms with Crippen molar-refractivity contribution >= 4 is 22.8 Å². The SMILES string of the molecule is Cc1nn(-c2ncnc3nc[nH]c23)c(Cl)c1C. The molecule has 0 bridgehead atoms. The minimum Gasteiger partial charge on any atom is -0.340 e. The summed E-state index contributed by atoms with van der Waals surface area (Å²) in [4.78, 5) is 15.3. The highest BCUT2D eigenvalue weighted by Gasteiger charge is 2.15. The van der Waals surface area contributed by atoms with Gasteiger partial charge in [0, 0.05) is 5.56 Å². The first-order chi connectivity index (χ1) is 8.18. The van der Waals surface area contributed by atoms with E-state index in [0.717, 1.165) is 16.8 Å². The topological polar surface area (TPSA) is 72.3 Å². The van der Waals surface area contributed by atoms with Crippen LogP contribution in [0.5, 0.6) is 0 Å². The van der Waals surface area contributed by atoms with Gasteiger partial charge in [-0.15, -0.1) is 0 Å². The molecule has 0 saturated carbocycles. The van der Waals surface area contributed by atoms with Crippen LogP contribution in [-0.2, 0) is 0 Å². The standard InChI is InChI=1S/C10H9ClN6/c1-5-6(2)16-17(8(5)11)10-7-9(13-3-12-7)14-4-15-10/h3-4H,1-2H3,(H,12,13,14,15). The first kappa shape index (κ1) is 10.2. The van der Waals surface area contributed by atoms with E-state index in [4.69, 9.17) is 11.6 Å². The number of aromatic nitrogens is 6. The van der Waals surface area contributed by atoms with Gasteiger partial charge in [-0.05, 0) is 13.8 Å². The molecule has 6 nitrogen and oxygen atoms in total. The highest BCUT2D eigenvalue weighted by Crippen LogP contribution is 2.23. The average Bonchev–Trinajstić information content (AvgIpc) is 2.89.